The molecule has 0 saturated heterocycles. The number of nitriles is 1. The van der Waals surface area contributed by atoms with Crippen LogP contribution in [0, 0.1) is 17.2 Å². The molecule has 5 rings (SSSR count). The van der Waals surface area contributed by atoms with Crippen molar-refractivity contribution < 1.29 is 13.2 Å². The van der Waals surface area contributed by atoms with Gasteiger partial charge in [0, 0.05) is 12.5 Å². The van der Waals surface area contributed by atoms with Crippen LogP contribution in [0.25, 0.3) is 22.0 Å². The van der Waals surface area contributed by atoms with Gasteiger partial charge in [-0.1, -0.05) is 42.5 Å². The van der Waals surface area contributed by atoms with Crippen molar-refractivity contribution in [3.05, 3.63) is 59.7 Å². The van der Waals surface area contributed by atoms with Gasteiger partial charge in [0.15, 0.2) is 0 Å². The Labute approximate surface area is 165 Å². The highest BCUT2D eigenvalue weighted by Gasteiger charge is 2.39. The first-order valence-electron chi connectivity index (χ1n) is 9.51. The fourth-order valence-electron chi connectivity index (χ4n) is 4.45. The molecule has 1 aromatic heterocycles. The van der Waals surface area contributed by atoms with Crippen LogP contribution in [-0.2, 0) is 6.18 Å². The number of hydrogen-bond donors (Lipinski definition) is 1. The fourth-order valence-corrected chi connectivity index (χ4v) is 4.45. The lowest BCUT2D eigenvalue weighted by Gasteiger charge is -2.34. The monoisotopic (exact) mass is 394 g/mol. The summed E-state index contributed by atoms with van der Waals surface area (Å²) in [5.41, 5.74) is -0.182. The maximum Gasteiger partial charge on any atom is 0.417 e. The van der Waals surface area contributed by atoms with Gasteiger partial charge in [0.1, 0.15) is 17.4 Å². The van der Waals surface area contributed by atoms with E-state index in [0.717, 1.165) is 25.5 Å². The van der Waals surface area contributed by atoms with E-state index in [0.29, 0.717) is 28.2 Å². The Balaban J connectivity index is 1.89. The molecule has 0 amide bonds. The third-order valence-electron chi connectivity index (χ3n) is 5.81. The predicted octanol–water partition coefficient (Wildman–Crippen LogP) is 5.53. The molecule has 3 aromatic rings. The number of nitrogens with zero attached hydrogens (tertiary/aromatic N) is 3. The Morgan fingerprint density at radius 2 is 2.00 bits per heavy atom. The highest BCUT2D eigenvalue weighted by atomic mass is 19.4. The van der Waals surface area contributed by atoms with Crippen LogP contribution in [0.15, 0.2) is 48.6 Å². The molecule has 29 heavy (non-hydrogen) atoms. The first-order chi connectivity index (χ1) is 14.0. The van der Waals surface area contributed by atoms with E-state index in [2.05, 4.69) is 22.6 Å². The average molecular weight is 394 g/mol. The van der Waals surface area contributed by atoms with Crippen LogP contribution >= 0.6 is 0 Å². The molecule has 2 aliphatic rings. The molecule has 2 aromatic carbocycles. The molecule has 1 N–H and O–H groups in total. The van der Waals surface area contributed by atoms with Crippen molar-refractivity contribution in [1.29, 1.82) is 5.26 Å². The number of alkyl halides is 3. The first-order valence-corrected chi connectivity index (χ1v) is 9.51. The third kappa shape index (κ3) is 2.70. The third-order valence-corrected chi connectivity index (χ3v) is 5.81. The van der Waals surface area contributed by atoms with E-state index in [1.54, 1.807) is 35.0 Å². The van der Waals surface area contributed by atoms with Gasteiger partial charge in [-0.05, 0) is 30.0 Å². The zero-order valence-corrected chi connectivity index (χ0v) is 15.4. The Bertz CT molecular complexity index is 1170. The van der Waals surface area contributed by atoms with Gasteiger partial charge in [-0.2, -0.15) is 23.5 Å². The molecule has 146 valence electrons. The zero-order chi connectivity index (χ0) is 20.2. The molecule has 0 unspecified atom stereocenters. The molecular weight excluding hydrogens is 377 g/mol. The molecule has 0 radical (unpaired) electrons. The number of rotatable bonds is 1. The van der Waals surface area contributed by atoms with Crippen LogP contribution in [0.5, 0.6) is 0 Å². The van der Waals surface area contributed by atoms with Crippen LogP contribution in [-0.4, -0.2) is 16.3 Å². The minimum absolute atomic E-state index is 0.0168. The van der Waals surface area contributed by atoms with Crippen molar-refractivity contribution >= 4 is 16.7 Å². The zero-order valence-electron chi connectivity index (χ0n) is 15.4. The van der Waals surface area contributed by atoms with Crippen molar-refractivity contribution in [3.63, 3.8) is 0 Å². The van der Waals surface area contributed by atoms with Gasteiger partial charge in [0.25, 0.3) is 0 Å². The van der Waals surface area contributed by atoms with Gasteiger partial charge in [0.2, 0.25) is 0 Å². The van der Waals surface area contributed by atoms with E-state index in [1.165, 1.54) is 0 Å². The predicted molar refractivity (Wildman–Crippen MR) is 104 cm³/mol. The van der Waals surface area contributed by atoms with E-state index in [1.807, 2.05) is 6.07 Å². The summed E-state index contributed by atoms with van der Waals surface area (Å²) in [6.45, 7) is 0.729. The number of anilines is 1. The van der Waals surface area contributed by atoms with E-state index in [-0.39, 0.29) is 11.6 Å². The molecule has 1 aliphatic heterocycles. The molecule has 1 aliphatic carbocycles. The molecule has 0 fully saturated rings. The van der Waals surface area contributed by atoms with Gasteiger partial charge in [-0.3, -0.25) is 0 Å². The van der Waals surface area contributed by atoms with E-state index < -0.39 is 17.3 Å². The number of allylic oxidation sites excluding steroid dienone is 2. The second kappa shape index (κ2) is 6.38. The number of hydrogen-bond acceptors (Lipinski definition) is 3. The molecule has 0 spiro atoms. The number of nitrogens with one attached hydrogen (secondary N) is 1. The molecule has 0 saturated carbocycles. The Kier molecular flexibility index (Phi) is 3.91. The second-order valence-corrected chi connectivity index (χ2v) is 7.48. The SMILES string of the molecule is N#Cc1c(C(F)(F)F)cc(-c2ccccc2)c2c3n(nc12)[C@H]1C=CCC[C@H]1CN3. The van der Waals surface area contributed by atoms with Crippen molar-refractivity contribution in [2.24, 2.45) is 5.92 Å². The van der Waals surface area contributed by atoms with Crippen molar-refractivity contribution in [1.82, 2.24) is 9.78 Å². The van der Waals surface area contributed by atoms with E-state index >= 15 is 0 Å². The van der Waals surface area contributed by atoms with Gasteiger partial charge in [0.05, 0.1) is 22.6 Å². The lowest BCUT2D eigenvalue weighted by atomic mass is 9.88. The van der Waals surface area contributed by atoms with Gasteiger partial charge in [-0.15, -0.1) is 0 Å². The number of aromatic nitrogens is 2. The normalized spacial score (nSPS) is 20.6. The summed E-state index contributed by atoms with van der Waals surface area (Å²) >= 11 is 0. The van der Waals surface area contributed by atoms with Crippen LogP contribution in [0.1, 0.15) is 30.0 Å². The second-order valence-electron chi connectivity index (χ2n) is 7.48. The van der Waals surface area contributed by atoms with E-state index in [4.69, 9.17) is 0 Å². The lowest BCUT2D eigenvalue weighted by molar-refractivity contribution is -0.137. The Morgan fingerprint density at radius 3 is 2.72 bits per heavy atom. The van der Waals surface area contributed by atoms with Crippen molar-refractivity contribution in [2.45, 2.75) is 25.1 Å². The van der Waals surface area contributed by atoms with Crippen LogP contribution < -0.4 is 5.32 Å². The topological polar surface area (TPSA) is 53.6 Å². The highest BCUT2D eigenvalue weighted by Crippen LogP contribution is 2.46. The Morgan fingerprint density at radius 1 is 1.21 bits per heavy atom. The number of halogens is 3. The minimum Gasteiger partial charge on any atom is -0.369 e. The molecule has 0 bridgehead atoms. The van der Waals surface area contributed by atoms with Crippen LogP contribution in [0.2, 0.25) is 0 Å². The smallest absolute Gasteiger partial charge is 0.369 e. The standard InChI is InChI=1S/C22H17F3N4/c23-22(24,25)17-10-15(13-6-2-1-3-7-13)19-20(16(17)11-26)28-29-18-9-5-4-8-14(18)12-27-21(19)29/h1-3,5-7,9-10,14,18,27H,4,8,12H2/t14-,18-/m0/s1. The molecule has 2 heterocycles. The van der Waals surface area contributed by atoms with E-state index in [9.17, 15) is 18.4 Å². The summed E-state index contributed by atoms with van der Waals surface area (Å²) in [6, 6.07) is 11.8. The summed E-state index contributed by atoms with van der Waals surface area (Å²) in [4.78, 5) is 0. The maximum absolute atomic E-state index is 13.8. The quantitative estimate of drug-likeness (QED) is 0.553. The molecular formula is C22H17F3N4. The first kappa shape index (κ1) is 17.8. The summed E-state index contributed by atoms with van der Waals surface area (Å²) in [6.07, 6.45) is 1.49. The van der Waals surface area contributed by atoms with Gasteiger partial charge >= 0.3 is 6.18 Å². The van der Waals surface area contributed by atoms with Crippen LogP contribution in [0.4, 0.5) is 19.0 Å². The highest BCUT2D eigenvalue weighted by molar-refractivity contribution is 6.05. The number of fused-ring (bicyclic) bond motifs is 5. The minimum atomic E-state index is -4.65. The Hall–Kier alpha value is -3.27. The van der Waals surface area contributed by atoms with Crippen molar-refractivity contribution in [2.75, 3.05) is 11.9 Å². The van der Waals surface area contributed by atoms with Crippen LogP contribution in [0.3, 0.4) is 0 Å². The molecule has 4 nitrogen and oxygen atoms in total. The van der Waals surface area contributed by atoms with Gasteiger partial charge < -0.3 is 5.32 Å². The summed E-state index contributed by atoms with van der Waals surface area (Å²) < 4.78 is 43.2. The summed E-state index contributed by atoms with van der Waals surface area (Å²) in [5.74, 6) is 1.01. The van der Waals surface area contributed by atoms with Crippen molar-refractivity contribution in [3.8, 4) is 17.2 Å². The largest absolute Gasteiger partial charge is 0.417 e. The van der Waals surface area contributed by atoms with Gasteiger partial charge in [-0.25, -0.2) is 4.68 Å². The fraction of sp³-hybridized carbons (Fsp3) is 0.273. The molecule has 7 heteroatoms. The average Bonchev–Trinajstić information content (AvgIpc) is 3.12. The maximum atomic E-state index is 13.8. The summed E-state index contributed by atoms with van der Waals surface area (Å²) in [7, 11) is 0. The number of benzene rings is 2. The summed E-state index contributed by atoms with van der Waals surface area (Å²) in [5, 5.41) is 18.1. The lowest BCUT2D eigenvalue weighted by Crippen LogP contribution is -2.33. The molecule has 2 atom stereocenters.